The van der Waals surface area contributed by atoms with Crippen LogP contribution in [0.3, 0.4) is 0 Å². The summed E-state index contributed by atoms with van der Waals surface area (Å²) in [5, 5.41) is 3.89. The van der Waals surface area contributed by atoms with Crippen molar-refractivity contribution < 1.29 is 0 Å². The number of likely N-dealkylation sites (tertiary alicyclic amines) is 1. The summed E-state index contributed by atoms with van der Waals surface area (Å²) in [6, 6.07) is 9.49. The second-order valence-electron chi connectivity index (χ2n) is 7.25. The zero-order valence-electron chi connectivity index (χ0n) is 13.2. The Labute approximate surface area is 123 Å². The van der Waals surface area contributed by atoms with Crippen LogP contribution in [-0.2, 0) is 6.42 Å². The van der Waals surface area contributed by atoms with Gasteiger partial charge in [0, 0.05) is 12.6 Å². The summed E-state index contributed by atoms with van der Waals surface area (Å²) in [7, 11) is 0. The molecule has 2 atom stereocenters. The van der Waals surface area contributed by atoms with Gasteiger partial charge in [-0.15, -0.1) is 0 Å². The number of nitrogens with one attached hydrogen (secondary N) is 1. The highest BCUT2D eigenvalue weighted by Gasteiger charge is 2.38. The van der Waals surface area contributed by atoms with Gasteiger partial charge in [-0.1, -0.05) is 45.0 Å². The molecule has 110 valence electrons. The molecule has 1 heterocycles. The van der Waals surface area contributed by atoms with Crippen molar-refractivity contribution in [2.24, 2.45) is 11.3 Å². The Hall–Kier alpha value is -0.860. The topological polar surface area (TPSA) is 15.3 Å². The molecule has 2 heteroatoms. The van der Waals surface area contributed by atoms with E-state index in [-0.39, 0.29) is 0 Å². The van der Waals surface area contributed by atoms with Crippen LogP contribution in [0.1, 0.15) is 44.4 Å². The predicted molar refractivity (Wildman–Crippen MR) is 84.9 cm³/mol. The molecule has 20 heavy (non-hydrogen) atoms. The standard InChI is InChI=1S/C18H28N2/c1-4-20-10-9-14(13-20)12-19-17-16-8-6-5-7-15(16)11-18(17,2)3/h5-8,14,17,19H,4,9-13H2,1-3H3. The Morgan fingerprint density at radius 2 is 2.10 bits per heavy atom. The van der Waals surface area contributed by atoms with Crippen LogP contribution in [0.4, 0.5) is 0 Å². The van der Waals surface area contributed by atoms with E-state index in [1.807, 2.05) is 0 Å². The van der Waals surface area contributed by atoms with Crippen LogP contribution >= 0.6 is 0 Å². The Morgan fingerprint density at radius 1 is 1.30 bits per heavy atom. The van der Waals surface area contributed by atoms with Crippen molar-refractivity contribution in [2.45, 2.75) is 39.7 Å². The predicted octanol–water partition coefficient (Wildman–Crippen LogP) is 3.24. The molecule has 0 bridgehead atoms. The lowest BCUT2D eigenvalue weighted by atomic mass is 9.85. The monoisotopic (exact) mass is 272 g/mol. The summed E-state index contributed by atoms with van der Waals surface area (Å²) < 4.78 is 0. The van der Waals surface area contributed by atoms with Crippen molar-refractivity contribution in [1.29, 1.82) is 0 Å². The first kappa shape index (κ1) is 14.1. The van der Waals surface area contributed by atoms with E-state index in [0.29, 0.717) is 11.5 Å². The van der Waals surface area contributed by atoms with Gasteiger partial charge in [-0.2, -0.15) is 0 Å². The fraction of sp³-hybridized carbons (Fsp3) is 0.667. The van der Waals surface area contributed by atoms with E-state index in [1.165, 1.54) is 50.1 Å². The Morgan fingerprint density at radius 3 is 2.85 bits per heavy atom. The number of rotatable bonds is 4. The molecule has 0 radical (unpaired) electrons. The van der Waals surface area contributed by atoms with E-state index in [2.05, 4.69) is 55.3 Å². The highest BCUT2D eigenvalue weighted by atomic mass is 15.1. The van der Waals surface area contributed by atoms with Crippen LogP contribution in [0.25, 0.3) is 0 Å². The minimum atomic E-state index is 0.340. The van der Waals surface area contributed by atoms with Crippen LogP contribution in [-0.4, -0.2) is 31.1 Å². The molecule has 2 unspecified atom stereocenters. The maximum absolute atomic E-state index is 3.89. The van der Waals surface area contributed by atoms with Gasteiger partial charge in [0.05, 0.1) is 0 Å². The van der Waals surface area contributed by atoms with Crippen molar-refractivity contribution in [3.8, 4) is 0 Å². The Kier molecular flexibility index (Phi) is 3.87. The van der Waals surface area contributed by atoms with Crippen molar-refractivity contribution in [3.05, 3.63) is 35.4 Å². The van der Waals surface area contributed by atoms with Crippen LogP contribution in [0.5, 0.6) is 0 Å². The Bertz CT molecular complexity index is 466. The summed E-state index contributed by atoms with van der Waals surface area (Å²) in [5.74, 6) is 0.832. The minimum Gasteiger partial charge on any atom is -0.309 e. The molecule has 1 N–H and O–H groups in total. The molecule has 0 aromatic heterocycles. The van der Waals surface area contributed by atoms with Crippen LogP contribution < -0.4 is 5.32 Å². The van der Waals surface area contributed by atoms with E-state index in [1.54, 1.807) is 0 Å². The van der Waals surface area contributed by atoms with Gasteiger partial charge < -0.3 is 10.2 Å². The number of benzene rings is 1. The molecule has 0 saturated carbocycles. The number of fused-ring (bicyclic) bond motifs is 1. The van der Waals surface area contributed by atoms with E-state index in [0.717, 1.165) is 5.92 Å². The van der Waals surface area contributed by atoms with E-state index < -0.39 is 0 Å². The first-order chi connectivity index (χ1) is 9.60. The SMILES string of the molecule is CCN1CCC(CNC2c3ccccc3CC2(C)C)C1. The van der Waals surface area contributed by atoms with Gasteiger partial charge in [-0.25, -0.2) is 0 Å². The summed E-state index contributed by atoms with van der Waals surface area (Å²) in [4.78, 5) is 2.57. The van der Waals surface area contributed by atoms with E-state index >= 15 is 0 Å². The molecule has 1 aliphatic heterocycles. The second kappa shape index (κ2) is 5.50. The maximum Gasteiger partial charge on any atom is 0.0377 e. The van der Waals surface area contributed by atoms with Gasteiger partial charge in [0.2, 0.25) is 0 Å². The zero-order valence-corrected chi connectivity index (χ0v) is 13.2. The Balaban J connectivity index is 1.65. The summed E-state index contributed by atoms with van der Waals surface area (Å²) in [5.41, 5.74) is 3.41. The zero-order chi connectivity index (χ0) is 14.2. The van der Waals surface area contributed by atoms with E-state index in [9.17, 15) is 0 Å². The molecular formula is C18H28N2. The molecule has 2 aliphatic rings. The first-order valence-corrected chi connectivity index (χ1v) is 8.13. The third-order valence-corrected chi connectivity index (χ3v) is 5.22. The van der Waals surface area contributed by atoms with Gasteiger partial charge in [0.25, 0.3) is 0 Å². The van der Waals surface area contributed by atoms with E-state index in [4.69, 9.17) is 0 Å². The smallest absolute Gasteiger partial charge is 0.0377 e. The van der Waals surface area contributed by atoms with Gasteiger partial charge >= 0.3 is 0 Å². The highest BCUT2D eigenvalue weighted by Crippen LogP contribution is 2.45. The molecule has 1 aliphatic carbocycles. The fourth-order valence-electron chi connectivity index (χ4n) is 4.03. The van der Waals surface area contributed by atoms with Gasteiger partial charge in [0.1, 0.15) is 0 Å². The second-order valence-corrected chi connectivity index (χ2v) is 7.25. The number of hydrogen-bond donors (Lipinski definition) is 1. The number of nitrogens with zero attached hydrogens (tertiary/aromatic N) is 1. The summed E-state index contributed by atoms with van der Waals surface area (Å²) in [6.45, 7) is 12.0. The van der Waals surface area contributed by atoms with Crippen LogP contribution in [0, 0.1) is 11.3 Å². The average Bonchev–Trinajstić information content (AvgIpc) is 2.97. The quantitative estimate of drug-likeness (QED) is 0.905. The third-order valence-electron chi connectivity index (χ3n) is 5.22. The lowest BCUT2D eigenvalue weighted by molar-refractivity contribution is 0.255. The fourth-order valence-corrected chi connectivity index (χ4v) is 4.03. The first-order valence-electron chi connectivity index (χ1n) is 8.13. The summed E-state index contributed by atoms with van der Waals surface area (Å²) >= 11 is 0. The molecule has 0 amide bonds. The molecule has 1 aromatic rings. The van der Waals surface area contributed by atoms with Crippen molar-refractivity contribution in [2.75, 3.05) is 26.2 Å². The van der Waals surface area contributed by atoms with Crippen molar-refractivity contribution in [1.82, 2.24) is 10.2 Å². The van der Waals surface area contributed by atoms with Crippen molar-refractivity contribution >= 4 is 0 Å². The average molecular weight is 272 g/mol. The third kappa shape index (κ3) is 2.64. The molecule has 1 fully saturated rings. The largest absolute Gasteiger partial charge is 0.309 e. The highest BCUT2D eigenvalue weighted by molar-refractivity contribution is 5.37. The van der Waals surface area contributed by atoms with Gasteiger partial charge in [-0.3, -0.25) is 0 Å². The molecule has 1 aromatic carbocycles. The molecule has 2 nitrogen and oxygen atoms in total. The minimum absolute atomic E-state index is 0.340. The van der Waals surface area contributed by atoms with Gasteiger partial charge in [-0.05, 0) is 54.9 Å². The normalized spacial score (nSPS) is 28.8. The lowest BCUT2D eigenvalue weighted by Crippen LogP contribution is -2.35. The van der Waals surface area contributed by atoms with Crippen molar-refractivity contribution in [3.63, 3.8) is 0 Å². The molecular weight excluding hydrogens is 244 g/mol. The van der Waals surface area contributed by atoms with Gasteiger partial charge in [0.15, 0.2) is 0 Å². The lowest BCUT2D eigenvalue weighted by Gasteiger charge is -2.30. The molecule has 3 rings (SSSR count). The summed E-state index contributed by atoms with van der Waals surface area (Å²) in [6.07, 6.45) is 2.56. The number of hydrogen-bond acceptors (Lipinski definition) is 2. The molecule has 1 saturated heterocycles. The van der Waals surface area contributed by atoms with Crippen LogP contribution in [0.2, 0.25) is 0 Å². The van der Waals surface area contributed by atoms with Crippen LogP contribution in [0.15, 0.2) is 24.3 Å². The maximum atomic E-state index is 3.89. The molecule has 0 spiro atoms.